The highest BCUT2D eigenvalue weighted by molar-refractivity contribution is 5.92. The van der Waals surface area contributed by atoms with Crippen molar-refractivity contribution >= 4 is 11.6 Å². The fraction of sp³-hybridized carbons (Fsp3) is 0.667. The number of carbonyl (C=O) groups is 1. The first-order chi connectivity index (χ1) is 8.24. The van der Waals surface area contributed by atoms with E-state index in [2.05, 4.69) is 10.4 Å². The molecule has 0 aromatic carbocycles. The van der Waals surface area contributed by atoms with E-state index in [1.54, 1.807) is 10.9 Å². The third-order valence-corrected chi connectivity index (χ3v) is 3.52. The molecule has 2 rings (SSSR count). The summed E-state index contributed by atoms with van der Waals surface area (Å²) in [6.45, 7) is 3.43. The smallest absolute Gasteiger partial charge is 0.227 e. The van der Waals surface area contributed by atoms with E-state index >= 15 is 0 Å². The maximum Gasteiger partial charge on any atom is 0.227 e. The summed E-state index contributed by atoms with van der Waals surface area (Å²) in [4.78, 5) is 12.1. The third-order valence-electron chi connectivity index (χ3n) is 3.52. The molecule has 1 heterocycles. The lowest BCUT2D eigenvalue weighted by molar-refractivity contribution is -0.120. The lowest BCUT2D eigenvalue weighted by Crippen LogP contribution is -2.29. The number of anilines is 1. The van der Waals surface area contributed by atoms with Gasteiger partial charge in [0.25, 0.3) is 0 Å². The standard InChI is InChI=1S/C12H20N4O/c1-2-16-8-10(7-14-16)15-12(17)11-5-3-4-9(11)6-13/h7-9,11H,2-6,13H2,1H3,(H,15,17)/t9-,11-/m1/s1. The minimum atomic E-state index is 0.0741. The zero-order chi connectivity index (χ0) is 12.3. The largest absolute Gasteiger partial charge is 0.330 e. The Bertz CT molecular complexity index is 388. The molecule has 1 aliphatic carbocycles. The number of carbonyl (C=O) groups excluding carboxylic acids is 1. The van der Waals surface area contributed by atoms with Gasteiger partial charge in [0.05, 0.1) is 11.9 Å². The monoisotopic (exact) mass is 236 g/mol. The minimum Gasteiger partial charge on any atom is -0.330 e. The number of rotatable bonds is 4. The van der Waals surface area contributed by atoms with Crippen LogP contribution in [0, 0.1) is 11.8 Å². The zero-order valence-electron chi connectivity index (χ0n) is 10.2. The first kappa shape index (κ1) is 12.1. The molecule has 0 radical (unpaired) electrons. The lowest BCUT2D eigenvalue weighted by Gasteiger charge is -2.16. The molecular formula is C12H20N4O. The van der Waals surface area contributed by atoms with Crippen LogP contribution in [0.5, 0.6) is 0 Å². The van der Waals surface area contributed by atoms with Crippen molar-refractivity contribution in [3.05, 3.63) is 12.4 Å². The molecule has 1 aromatic rings. The van der Waals surface area contributed by atoms with Crippen molar-refractivity contribution < 1.29 is 4.79 Å². The molecule has 17 heavy (non-hydrogen) atoms. The average Bonchev–Trinajstić information content (AvgIpc) is 2.96. The second-order valence-corrected chi connectivity index (χ2v) is 4.61. The highest BCUT2D eigenvalue weighted by Crippen LogP contribution is 2.31. The molecule has 5 heteroatoms. The molecule has 5 nitrogen and oxygen atoms in total. The van der Waals surface area contributed by atoms with E-state index in [0.717, 1.165) is 31.5 Å². The van der Waals surface area contributed by atoms with E-state index in [-0.39, 0.29) is 11.8 Å². The normalized spacial score (nSPS) is 23.9. The maximum absolute atomic E-state index is 12.1. The predicted octanol–water partition coefficient (Wildman–Crippen LogP) is 1.22. The van der Waals surface area contributed by atoms with Crippen molar-refractivity contribution in [1.82, 2.24) is 9.78 Å². The van der Waals surface area contributed by atoms with Gasteiger partial charge in [0.15, 0.2) is 0 Å². The SMILES string of the molecule is CCn1cc(NC(=O)[C@@H]2CCC[C@@H]2CN)cn1. The van der Waals surface area contributed by atoms with Crippen LogP contribution in [0.3, 0.4) is 0 Å². The van der Waals surface area contributed by atoms with Crippen molar-refractivity contribution in [2.24, 2.45) is 17.6 Å². The van der Waals surface area contributed by atoms with Crippen LogP contribution in [-0.4, -0.2) is 22.2 Å². The number of nitrogens with two attached hydrogens (primary N) is 1. The van der Waals surface area contributed by atoms with E-state index in [1.807, 2.05) is 13.1 Å². The van der Waals surface area contributed by atoms with Crippen LogP contribution in [0.25, 0.3) is 0 Å². The topological polar surface area (TPSA) is 72.9 Å². The van der Waals surface area contributed by atoms with Gasteiger partial charge in [-0.25, -0.2) is 0 Å². The van der Waals surface area contributed by atoms with Crippen LogP contribution in [0.4, 0.5) is 5.69 Å². The zero-order valence-corrected chi connectivity index (χ0v) is 10.2. The number of amides is 1. The Balaban J connectivity index is 1.96. The van der Waals surface area contributed by atoms with Crippen LogP contribution >= 0.6 is 0 Å². The molecular weight excluding hydrogens is 216 g/mol. The number of aromatic nitrogens is 2. The molecule has 1 amide bonds. The summed E-state index contributed by atoms with van der Waals surface area (Å²) in [5, 5.41) is 7.06. The van der Waals surface area contributed by atoms with Gasteiger partial charge < -0.3 is 11.1 Å². The van der Waals surface area contributed by atoms with Gasteiger partial charge in [0.1, 0.15) is 0 Å². The second kappa shape index (κ2) is 5.31. The Morgan fingerprint density at radius 1 is 1.65 bits per heavy atom. The molecule has 0 bridgehead atoms. The van der Waals surface area contributed by atoms with Crippen LogP contribution in [0.15, 0.2) is 12.4 Å². The molecule has 1 saturated carbocycles. The van der Waals surface area contributed by atoms with Crippen molar-refractivity contribution in [1.29, 1.82) is 0 Å². The van der Waals surface area contributed by atoms with Crippen molar-refractivity contribution in [3.63, 3.8) is 0 Å². The highest BCUT2D eigenvalue weighted by atomic mass is 16.1. The van der Waals surface area contributed by atoms with Gasteiger partial charge in [-0.3, -0.25) is 9.48 Å². The Labute approximate surface area is 101 Å². The van der Waals surface area contributed by atoms with Gasteiger partial charge in [-0.05, 0) is 32.2 Å². The molecule has 1 fully saturated rings. The molecule has 2 atom stereocenters. The summed E-state index contributed by atoms with van der Waals surface area (Å²) in [5.74, 6) is 0.509. The van der Waals surface area contributed by atoms with Crippen molar-refractivity contribution in [3.8, 4) is 0 Å². The summed E-state index contributed by atoms with van der Waals surface area (Å²) >= 11 is 0. The summed E-state index contributed by atoms with van der Waals surface area (Å²) in [7, 11) is 0. The molecule has 1 aromatic heterocycles. The molecule has 0 saturated heterocycles. The summed E-state index contributed by atoms with van der Waals surface area (Å²) in [6.07, 6.45) is 6.67. The highest BCUT2D eigenvalue weighted by Gasteiger charge is 2.31. The Hall–Kier alpha value is -1.36. The average molecular weight is 236 g/mol. The molecule has 0 unspecified atom stereocenters. The van der Waals surface area contributed by atoms with Crippen LogP contribution in [0.1, 0.15) is 26.2 Å². The van der Waals surface area contributed by atoms with Gasteiger partial charge >= 0.3 is 0 Å². The summed E-state index contributed by atoms with van der Waals surface area (Å²) < 4.78 is 1.80. The van der Waals surface area contributed by atoms with Gasteiger partial charge in [0.2, 0.25) is 5.91 Å². The molecule has 3 N–H and O–H groups in total. The number of nitrogens with one attached hydrogen (secondary N) is 1. The van der Waals surface area contributed by atoms with E-state index < -0.39 is 0 Å². The van der Waals surface area contributed by atoms with E-state index in [0.29, 0.717) is 12.5 Å². The van der Waals surface area contributed by atoms with E-state index in [4.69, 9.17) is 5.73 Å². The molecule has 0 spiro atoms. The first-order valence-corrected chi connectivity index (χ1v) is 6.28. The van der Waals surface area contributed by atoms with Gasteiger partial charge in [-0.1, -0.05) is 6.42 Å². The summed E-state index contributed by atoms with van der Waals surface area (Å²) in [6, 6.07) is 0. The first-order valence-electron chi connectivity index (χ1n) is 6.28. The molecule has 94 valence electrons. The fourth-order valence-electron chi connectivity index (χ4n) is 2.50. The quantitative estimate of drug-likeness (QED) is 0.825. The Morgan fingerprint density at radius 2 is 2.47 bits per heavy atom. The van der Waals surface area contributed by atoms with Crippen molar-refractivity contribution in [2.45, 2.75) is 32.7 Å². The number of hydrogen-bond acceptors (Lipinski definition) is 3. The van der Waals surface area contributed by atoms with E-state index in [1.165, 1.54) is 0 Å². The van der Waals surface area contributed by atoms with Crippen LogP contribution in [-0.2, 0) is 11.3 Å². The van der Waals surface area contributed by atoms with Crippen LogP contribution < -0.4 is 11.1 Å². The van der Waals surface area contributed by atoms with Gasteiger partial charge in [0, 0.05) is 18.7 Å². The number of nitrogens with zero attached hydrogens (tertiary/aromatic N) is 2. The van der Waals surface area contributed by atoms with Gasteiger partial charge in [-0.2, -0.15) is 5.10 Å². The number of aryl methyl sites for hydroxylation is 1. The molecule has 0 aliphatic heterocycles. The van der Waals surface area contributed by atoms with Crippen LogP contribution in [0.2, 0.25) is 0 Å². The molecule has 1 aliphatic rings. The minimum absolute atomic E-state index is 0.0741. The predicted molar refractivity (Wildman–Crippen MR) is 66.4 cm³/mol. The Morgan fingerprint density at radius 3 is 3.12 bits per heavy atom. The second-order valence-electron chi connectivity index (χ2n) is 4.61. The van der Waals surface area contributed by atoms with Crippen molar-refractivity contribution in [2.75, 3.05) is 11.9 Å². The maximum atomic E-state index is 12.1. The Kier molecular flexibility index (Phi) is 3.78. The third kappa shape index (κ3) is 2.66. The van der Waals surface area contributed by atoms with Gasteiger partial charge in [-0.15, -0.1) is 0 Å². The van der Waals surface area contributed by atoms with E-state index in [9.17, 15) is 4.79 Å². The lowest BCUT2D eigenvalue weighted by atomic mass is 9.95. The fourth-order valence-corrected chi connectivity index (χ4v) is 2.50. The summed E-state index contributed by atoms with van der Waals surface area (Å²) in [5.41, 5.74) is 6.46. The number of hydrogen-bond donors (Lipinski definition) is 2.